The van der Waals surface area contributed by atoms with Crippen LogP contribution in [0.25, 0.3) is 0 Å². The lowest BCUT2D eigenvalue weighted by Gasteiger charge is -2.20. The maximum Gasteiger partial charge on any atom is 0.167 e. The molecule has 0 heterocycles. The minimum absolute atomic E-state index is 0.0484. The second-order valence-electron chi connectivity index (χ2n) is 9.66. The molecule has 154 valence electrons. The summed E-state index contributed by atoms with van der Waals surface area (Å²) in [5, 5.41) is 0. The minimum Gasteiger partial charge on any atom is -0.462 e. The summed E-state index contributed by atoms with van der Waals surface area (Å²) in [5.74, 6) is 1.85. The van der Waals surface area contributed by atoms with Crippen LogP contribution >= 0.6 is 0 Å². The molecule has 1 aromatic carbocycles. The zero-order valence-corrected chi connectivity index (χ0v) is 18.8. The summed E-state index contributed by atoms with van der Waals surface area (Å²) in [4.78, 5) is 12.2. The molecule has 0 aliphatic heterocycles. The van der Waals surface area contributed by atoms with Gasteiger partial charge in [-0.1, -0.05) is 85.1 Å². The lowest BCUT2D eigenvalue weighted by atomic mass is 9.86. The zero-order valence-electron chi connectivity index (χ0n) is 18.8. The number of Topliss-reactive ketones (excluding diaryl/α,β-unsaturated/α-hetero) is 1. The molecule has 2 rings (SSSR count). The standard InChI is InChI=1S/C27H34O2/c1-19(9-10-20(2)25(28)27(6,7)8)21-11-15-23(16-12-21)29-24-17-13-22(14-18-24)26(3,4)5/h9-11,13-15,17-18H,1-2,12,16H2,3-8H3/b10-9-. The first-order chi connectivity index (χ1) is 13.4. The van der Waals surface area contributed by atoms with E-state index in [4.69, 9.17) is 4.74 Å². The van der Waals surface area contributed by atoms with Gasteiger partial charge in [-0.2, -0.15) is 0 Å². The normalized spacial score (nSPS) is 15.0. The first-order valence-electron chi connectivity index (χ1n) is 10.2. The third kappa shape index (κ3) is 6.45. The van der Waals surface area contributed by atoms with Crippen molar-refractivity contribution in [2.24, 2.45) is 5.41 Å². The summed E-state index contributed by atoms with van der Waals surface area (Å²) in [6.07, 6.45) is 9.37. The fraction of sp³-hybridized carbons (Fsp3) is 0.370. The van der Waals surface area contributed by atoms with Crippen LogP contribution in [0.2, 0.25) is 0 Å². The number of hydrogen-bond donors (Lipinski definition) is 0. The van der Waals surface area contributed by atoms with Gasteiger partial charge in [-0.05, 0) is 46.8 Å². The van der Waals surface area contributed by atoms with Crippen molar-refractivity contribution in [3.8, 4) is 5.75 Å². The average molecular weight is 391 g/mol. The number of benzene rings is 1. The van der Waals surface area contributed by atoms with E-state index in [0.717, 1.165) is 35.5 Å². The molecule has 1 aromatic rings. The summed E-state index contributed by atoms with van der Waals surface area (Å²) in [7, 11) is 0. The average Bonchev–Trinajstić information content (AvgIpc) is 2.64. The Labute approximate surface area is 176 Å². The Hall–Kier alpha value is -2.61. The van der Waals surface area contributed by atoms with Crippen LogP contribution in [0.4, 0.5) is 0 Å². The Morgan fingerprint density at radius 3 is 2.03 bits per heavy atom. The van der Waals surface area contributed by atoms with E-state index in [1.807, 2.05) is 51.1 Å². The molecule has 29 heavy (non-hydrogen) atoms. The number of hydrogen-bond acceptors (Lipinski definition) is 2. The van der Waals surface area contributed by atoms with Crippen molar-refractivity contribution in [2.45, 2.75) is 59.8 Å². The minimum atomic E-state index is -0.424. The molecule has 1 aliphatic carbocycles. The summed E-state index contributed by atoms with van der Waals surface area (Å²) >= 11 is 0. The topological polar surface area (TPSA) is 26.3 Å². The van der Waals surface area contributed by atoms with Crippen molar-refractivity contribution in [2.75, 3.05) is 0 Å². The number of allylic oxidation sites excluding steroid dienone is 8. The van der Waals surface area contributed by atoms with Crippen molar-refractivity contribution in [3.05, 3.63) is 89.8 Å². The second-order valence-corrected chi connectivity index (χ2v) is 9.66. The van der Waals surface area contributed by atoms with E-state index in [1.165, 1.54) is 5.56 Å². The predicted octanol–water partition coefficient (Wildman–Crippen LogP) is 7.25. The molecule has 0 radical (unpaired) electrons. The highest BCUT2D eigenvalue weighted by atomic mass is 16.5. The van der Waals surface area contributed by atoms with Gasteiger partial charge in [-0.3, -0.25) is 4.79 Å². The number of carbonyl (C=O) groups is 1. The summed E-state index contributed by atoms with van der Waals surface area (Å²) < 4.78 is 6.03. The van der Waals surface area contributed by atoms with Crippen LogP contribution in [0.3, 0.4) is 0 Å². The lowest BCUT2D eigenvalue weighted by molar-refractivity contribution is -0.122. The Kier molecular flexibility index (Phi) is 6.89. The maximum atomic E-state index is 12.2. The van der Waals surface area contributed by atoms with Gasteiger partial charge in [0.05, 0.1) is 0 Å². The molecule has 2 nitrogen and oxygen atoms in total. The van der Waals surface area contributed by atoms with Crippen LogP contribution in [0, 0.1) is 5.41 Å². The Bertz CT molecular complexity index is 876. The van der Waals surface area contributed by atoms with Crippen molar-refractivity contribution in [3.63, 3.8) is 0 Å². The SMILES string of the molecule is C=C(/C=C\C(=C)C1=CC=C(Oc2ccc(C(C)(C)C)cc2)CC1)C(=O)C(C)(C)C. The van der Waals surface area contributed by atoms with Gasteiger partial charge >= 0.3 is 0 Å². The van der Waals surface area contributed by atoms with Crippen LogP contribution in [0.5, 0.6) is 5.75 Å². The molecular formula is C27H34O2. The van der Waals surface area contributed by atoms with E-state index >= 15 is 0 Å². The third-order valence-electron chi connectivity index (χ3n) is 4.95. The summed E-state index contributed by atoms with van der Waals surface area (Å²) in [5.41, 5.74) is 3.56. The van der Waals surface area contributed by atoms with Gasteiger partial charge in [0.2, 0.25) is 0 Å². The zero-order chi connectivity index (χ0) is 21.8. The molecule has 0 spiro atoms. The van der Waals surface area contributed by atoms with Gasteiger partial charge in [-0.25, -0.2) is 0 Å². The van der Waals surface area contributed by atoms with Crippen LogP contribution in [-0.4, -0.2) is 5.78 Å². The maximum absolute atomic E-state index is 12.2. The third-order valence-corrected chi connectivity index (χ3v) is 4.95. The van der Waals surface area contributed by atoms with E-state index < -0.39 is 5.41 Å². The first-order valence-corrected chi connectivity index (χ1v) is 10.2. The van der Waals surface area contributed by atoms with Gasteiger partial charge in [0.15, 0.2) is 5.78 Å². The molecular weight excluding hydrogens is 356 g/mol. The highest BCUT2D eigenvalue weighted by molar-refractivity contribution is 6.01. The number of rotatable bonds is 6. The summed E-state index contributed by atoms with van der Waals surface area (Å²) in [6, 6.07) is 8.30. The molecule has 0 saturated carbocycles. The molecule has 0 unspecified atom stereocenters. The molecule has 2 heteroatoms. The molecule has 0 N–H and O–H groups in total. The van der Waals surface area contributed by atoms with Gasteiger partial charge in [0.1, 0.15) is 11.5 Å². The molecule has 0 atom stereocenters. The second kappa shape index (κ2) is 8.82. The smallest absolute Gasteiger partial charge is 0.167 e. The van der Waals surface area contributed by atoms with E-state index in [1.54, 1.807) is 6.08 Å². The van der Waals surface area contributed by atoms with Crippen LogP contribution in [0.15, 0.2) is 84.2 Å². The Balaban J connectivity index is 1.99. The van der Waals surface area contributed by atoms with Crippen LogP contribution < -0.4 is 4.74 Å². The van der Waals surface area contributed by atoms with Crippen molar-refractivity contribution in [1.82, 2.24) is 0 Å². The van der Waals surface area contributed by atoms with E-state index in [9.17, 15) is 4.79 Å². The Morgan fingerprint density at radius 2 is 1.55 bits per heavy atom. The molecule has 0 saturated heterocycles. The van der Waals surface area contributed by atoms with Crippen LogP contribution in [0.1, 0.15) is 59.9 Å². The predicted molar refractivity (Wildman–Crippen MR) is 123 cm³/mol. The highest BCUT2D eigenvalue weighted by Crippen LogP contribution is 2.29. The van der Waals surface area contributed by atoms with Crippen molar-refractivity contribution < 1.29 is 9.53 Å². The van der Waals surface area contributed by atoms with Crippen molar-refractivity contribution in [1.29, 1.82) is 0 Å². The van der Waals surface area contributed by atoms with Crippen LogP contribution in [-0.2, 0) is 10.2 Å². The van der Waals surface area contributed by atoms with Crippen molar-refractivity contribution >= 4 is 5.78 Å². The quantitative estimate of drug-likeness (QED) is 0.378. The molecule has 0 bridgehead atoms. The Morgan fingerprint density at radius 1 is 0.931 bits per heavy atom. The van der Waals surface area contributed by atoms with Gasteiger partial charge in [-0.15, -0.1) is 0 Å². The van der Waals surface area contributed by atoms with Gasteiger partial charge in [0.25, 0.3) is 0 Å². The van der Waals surface area contributed by atoms with E-state index in [0.29, 0.717) is 5.57 Å². The monoisotopic (exact) mass is 390 g/mol. The molecule has 1 aliphatic rings. The lowest BCUT2D eigenvalue weighted by Crippen LogP contribution is -2.20. The van der Waals surface area contributed by atoms with Gasteiger partial charge < -0.3 is 4.74 Å². The molecule has 0 fully saturated rings. The first kappa shape index (κ1) is 22.7. The summed E-state index contributed by atoms with van der Waals surface area (Å²) in [6.45, 7) is 20.3. The fourth-order valence-corrected chi connectivity index (χ4v) is 3.01. The molecule has 0 amide bonds. The van der Waals surface area contributed by atoms with Gasteiger partial charge in [0, 0.05) is 17.4 Å². The molecule has 0 aromatic heterocycles. The number of ether oxygens (including phenoxy) is 1. The van der Waals surface area contributed by atoms with E-state index in [-0.39, 0.29) is 11.2 Å². The number of carbonyl (C=O) groups excluding carboxylic acids is 1. The fourth-order valence-electron chi connectivity index (χ4n) is 3.01. The largest absolute Gasteiger partial charge is 0.462 e. The van der Waals surface area contributed by atoms with E-state index in [2.05, 4.69) is 46.1 Å². The number of ketones is 1. The highest BCUT2D eigenvalue weighted by Gasteiger charge is 2.22.